The van der Waals surface area contributed by atoms with E-state index in [4.69, 9.17) is 28.3 Å². The Bertz CT molecular complexity index is 1570. The van der Waals surface area contributed by atoms with Gasteiger partial charge in [-0.3, -0.25) is 9.59 Å². The highest BCUT2D eigenvalue weighted by Crippen LogP contribution is 2.20. The van der Waals surface area contributed by atoms with Gasteiger partial charge in [-0.25, -0.2) is 31.4 Å². The predicted octanol–water partition coefficient (Wildman–Crippen LogP) is 1.67. The molecule has 0 saturated carbocycles. The number of nitrogens with zero attached hydrogens (tertiary/aromatic N) is 2. The molecule has 0 aliphatic rings. The molecule has 3 rings (SSSR count). The van der Waals surface area contributed by atoms with Crippen molar-refractivity contribution in [3.8, 4) is 0 Å². The number of hydrogen-bond acceptors (Lipinski definition) is 7. The monoisotopic (exact) mass is 573 g/mol. The van der Waals surface area contributed by atoms with Crippen molar-refractivity contribution in [3.63, 3.8) is 0 Å². The lowest BCUT2D eigenvalue weighted by Gasteiger charge is -2.12. The molecule has 0 fully saturated rings. The predicted molar refractivity (Wildman–Crippen MR) is 135 cm³/mol. The van der Waals surface area contributed by atoms with Crippen LogP contribution >= 0.6 is 23.2 Å². The minimum atomic E-state index is -3.94. The first-order chi connectivity index (χ1) is 16.8. The number of anilines is 1. The lowest BCUT2D eigenvalue weighted by Crippen LogP contribution is -2.30. The summed E-state index contributed by atoms with van der Waals surface area (Å²) in [5.41, 5.74) is 0.599. The smallest absolute Gasteiger partial charge is 0.287 e. The van der Waals surface area contributed by atoms with Crippen LogP contribution in [0.5, 0.6) is 0 Å². The number of carbonyl (C=O) groups excluding carboxylic acids is 1. The highest BCUT2D eigenvalue weighted by Gasteiger charge is 2.18. The first kappa shape index (κ1) is 27.8. The molecule has 1 heterocycles. The zero-order valence-electron chi connectivity index (χ0n) is 18.7. The average Bonchev–Trinajstić information content (AvgIpc) is 2.80. The number of amides is 1. The number of carbonyl (C=O) groups is 1. The number of hydrogen-bond donors (Lipinski definition) is 3. The summed E-state index contributed by atoms with van der Waals surface area (Å²) in [6.45, 7) is 1.18. The summed E-state index contributed by atoms with van der Waals surface area (Å²) in [5.74, 6) is -0.633. The number of rotatable bonds is 9. The number of nitrogens with two attached hydrogens (primary N) is 1. The molecule has 0 spiro atoms. The van der Waals surface area contributed by atoms with Crippen LogP contribution < -0.4 is 20.7 Å². The van der Waals surface area contributed by atoms with Crippen molar-refractivity contribution in [2.75, 3.05) is 11.9 Å². The van der Waals surface area contributed by atoms with Crippen molar-refractivity contribution in [3.05, 3.63) is 80.2 Å². The molecule has 4 N–H and O–H groups in total. The van der Waals surface area contributed by atoms with Crippen LogP contribution in [0.25, 0.3) is 0 Å². The summed E-state index contributed by atoms with van der Waals surface area (Å²) in [7, 11) is -7.76. The summed E-state index contributed by atoms with van der Waals surface area (Å²) in [5, 5.41) is 11.0. The molecule has 3 aromatic rings. The maximum atomic E-state index is 12.9. The molecular weight excluding hydrogens is 553 g/mol. The highest BCUT2D eigenvalue weighted by atomic mass is 35.5. The molecule has 0 aliphatic carbocycles. The number of benzene rings is 2. The molecule has 0 aliphatic heterocycles. The van der Waals surface area contributed by atoms with Crippen LogP contribution in [0.3, 0.4) is 0 Å². The van der Waals surface area contributed by atoms with Gasteiger partial charge in [-0.1, -0.05) is 41.4 Å². The number of aromatic nitrogens is 2. The SMILES string of the molecule is Cc1ccc(NC(=O)Cn2ncc(Cl)c(Cl)c2=O)cc1S(=O)(=O)NCCc1ccc(S(N)(=O)=O)cc1. The molecule has 36 heavy (non-hydrogen) atoms. The average molecular weight is 574 g/mol. The van der Waals surface area contributed by atoms with Crippen molar-refractivity contribution in [2.24, 2.45) is 5.14 Å². The Morgan fingerprint density at radius 1 is 1.08 bits per heavy atom. The molecule has 0 atom stereocenters. The van der Waals surface area contributed by atoms with Crippen LogP contribution in [-0.4, -0.2) is 39.1 Å². The zero-order chi connectivity index (χ0) is 26.7. The lowest BCUT2D eigenvalue weighted by molar-refractivity contribution is -0.117. The van der Waals surface area contributed by atoms with Gasteiger partial charge in [0.25, 0.3) is 5.56 Å². The molecule has 192 valence electrons. The van der Waals surface area contributed by atoms with Gasteiger partial charge in [0.05, 0.1) is 21.0 Å². The maximum absolute atomic E-state index is 12.9. The molecule has 1 aromatic heterocycles. The van der Waals surface area contributed by atoms with E-state index in [9.17, 15) is 26.4 Å². The summed E-state index contributed by atoms with van der Waals surface area (Å²) in [4.78, 5) is 24.4. The van der Waals surface area contributed by atoms with E-state index < -0.39 is 38.1 Å². The van der Waals surface area contributed by atoms with Crippen molar-refractivity contribution in [1.29, 1.82) is 0 Å². The standard InChI is InChI=1S/C21H21Cl2N5O6S2/c1-13-2-5-15(27-19(29)12-28-21(30)20(23)17(22)11-25-28)10-18(13)36(33,34)26-9-8-14-3-6-16(7-4-14)35(24,31)32/h2-7,10-11,26H,8-9,12H2,1H3,(H,27,29)(H2,24,31,32). The van der Waals surface area contributed by atoms with Gasteiger partial charge in [0.15, 0.2) is 0 Å². The topological polar surface area (TPSA) is 170 Å². The minimum absolute atomic E-state index is 0.0406. The van der Waals surface area contributed by atoms with Gasteiger partial charge >= 0.3 is 0 Å². The molecule has 2 aromatic carbocycles. The summed E-state index contributed by atoms with van der Waals surface area (Å²) in [6, 6.07) is 10.1. The van der Waals surface area contributed by atoms with Crippen molar-refractivity contribution in [1.82, 2.24) is 14.5 Å². The Kier molecular flexibility index (Phi) is 8.54. The third-order valence-corrected chi connectivity index (χ3v) is 8.24. The second-order valence-electron chi connectivity index (χ2n) is 7.63. The van der Waals surface area contributed by atoms with Gasteiger partial charge in [0.2, 0.25) is 26.0 Å². The number of nitrogens with one attached hydrogen (secondary N) is 2. The van der Waals surface area contributed by atoms with E-state index >= 15 is 0 Å². The van der Waals surface area contributed by atoms with Crippen molar-refractivity contribution < 1.29 is 21.6 Å². The van der Waals surface area contributed by atoms with Gasteiger partial charge in [0, 0.05) is 12.2 Å². The molecule has 0 unspecified atom stereocenters. The number of sulfonamides is 2. The highest BCUT2D eigenvalue weighted by molar-refractivity contribution is 7.89. The van der Waals surface area contributed by atoms with Crippen LogP contribution in [0.2, 0.25) is 10.0 Å². The Morgan fingerprint density at radius 3 is 2.39 bits per heavy atom. The van der Waals surface area contributed by atoms with E-state index in [-0.39, 0.29) is 32.1 Å². The summed E-state index contributed by atoms with van der Waals surface area (Å²) in [6.07, 6.45) is 1.43. The van der Waals surface area contributed by atoms with E-state index in [2.05, 4.69) is 15.1 Å². The molecular formula is C21H21Cl2N5O6S2. The second-order valence-corrected chi connectivity index (χ2v) is 11.7. The van der Waals surface area contributed by atoms with Crippen LogP contribution in [0.1, 0.15) is 11.1 Å². The number of aryl methyl sites for hydroxylation is 1. The largest absolute Gasteiger partial charge is 0.324 e. The summed E-state index contributed by atoms with van der Waals surface area (Å²) >= 11 is 11.5. The molecule has 11 nitrogen and oxygen atoms in total. The van der Waals surface area contributed by atoms with E-state index in [1.807, 2.05) is 0 Å². The van der Waals surface area contributed by atoms with Gasteiger partial charge in [-0.05, 0) is 48.7 Å². The van der Waals surface area contributed by atoms with Crippen LogP contribution in [0, 0.1) is 6.92 Å². The van der Waals surface area contributed by atoms with E-state index in [1.165, 1.54) is 30.3 Å². The first-order valence-corrected chi connectivity index (χ1v) is 14.0. The van der Waals surface area contributed by atoms with E-state index in [0.29, 0.717) is 17.5 Å². The Hall–Kier alpha value is -2.81. The van der Waals surface area contributed by atoms with Gasteiger partial charge in [-0.2, -0.15) is 5.10 Å². The molecule has 1 amide bonds. The molecule has 15 heteroatoms. The number of primary sulfonamides is 1. The number of halogens is 2. The fraction of sp³-hybridized carbons (Fsp3) is 0.190. The van der Waals surface area contributed by atoms with Gasteiger partial charge in [0.1, 0.15) is 11.6 Å². The fourth-order valence-electron chi connectivity index (χ4n) is 3.11. The Morgan fingerprint density at radius 2 is 1.75 bits per heavy atom. The lowest BCUT2D eigenvalue weighted by atomic mass is 10.2. The zero-order valence-corrected chi connectivity index (χ0v) is 21.9. The molecule has 0 saturated heterocycles. The quantitative estimate of drug-likeness (QED) is 0.349. The minimum Gasteiger partial charge on any atom is -0.324 e. The third-order valence-electron chi connectivity index (χ3n) is 4.95. The van der Waals surface area contributed by atoms with Crippen LogP contribution in [0.15, 0.2) is 63.2 Å². The van der Waals surface area contributed by atoms with E-state index in [1.54, 1.807) is 19.1 Å². The second kappa shape index (κ2) is 11.1. The van der Waals surface area contributed by atoms with E-state index in [0.717, 1.165) is 10.9 Å². The Labute approximate surface area is 217 Å². The third kappa shape index (κ3) is 6.90. The van der Waals surface area contributed by atoms with Gasteiger partial charge < -0.3 is 5.32 Å². The maximum Gasteiger partial charge on any atom is 0.287 e. The van der Waals surface area contributed by atoms with Crippen LogP contribution in [0.4, 0.5) is 5.69 Å². The molecule has 0 radical (unpaired) electrons. The first-order valence-electron chi connectivity index (χ1n) is 10.2. The van der Waals surface area contributed by atoms with Crippen molar-refractivity contribution >= 4 is 54.8 Å². The van der Waals surface area contributed by atoms with Crippen molar-refractivity contribution in [2.45, 2.75) is 29.7 Å². The fourth-order valence-corrected chi connectivity index (χ4v) is 5.20. The molecule has 0 bridgehead atoms. The van der Waals surface area contributed by atoms with Gasteiger partial charge in [-0.15, -0.1) is 0 Å². The normalized spacial score (nSPS) is 11.9. The van der Waals surface area contributed by atoms with Crippen LogP contribution in [-0.2, 0) is 37.8 Å². The summed E-state index contributed by atoms with van der Waals surface area (Å²) < 4.78 is 51.7. The Balaban J connectivity index is 1.67.